The summed E-state index contributed by atoms with van der Waals surface area (Å²) >= 11 is 0. The molecule has 12 heavy (non-hydrogen) atoms. The quantitative estimate of drug-likeness (QED) is 0.611. The van der Waals surface area contributed by atoms with Crippen molar-refractivity contribution < 1.29 is 0 Å². The van der Waals surface area contributed by atoms with Crippen LogP contribution >= 0.6 is 0 Å². The van der Waals surface area contributed by atoms with Crippen LogP contribution in [0.15, 0.2) is 17.1 Å². The minimum Gasteiger partial charge on any atom is -0.315 e. The Morgan fingerprint density at radius 1 is 1.58 bits per heavy atom. The van der Waals surface area contributed by atoms with Crippen LogP contribution in [0.3, 0.4) is 0 Å². The average molecular weight is 162 g/mol. The first-order chi connectivity index (χ1) is 5.92. The van der Waals surface area contributed by atoms with E-state index in [1.165, 1.54) is 25.2 Å². The van der Waals surface area contributed by atoms with Gasteiger partial charge >= 0.3 is 0 Å². The molecule has 0 aromatic heterocycles. The van der Waals surface area contributed by atoms with Gasteiger partial charge in [0.1, 0.15) is 0 Å². The molecule has 0 aromatic rings. The van der Waals surface area contributed by atoms with Crippen LogP contribution in [0.25, 0.3) is 0 Å². The molecule has 0 radical (unpaired) electrons. The first-order valence-electron chi connectivity index (χ1n) is 4.84. The summed E-state index contributed by atoms with van der Waals surface area (Å²) < 4.78 is 0. The van der Waals surface area contributed by atoms with Crippen LogP contribution in [-0.4, -0.2) is 25.3 Å². The topological polar surface area (TPSA) is 24.4 Å². The maximum atomic E-state index is 4.61. The molecule has 1 saturated heterocycles. The summed E-state index contributed by atoms with van der Waals surface area (Å²) in [5.74, 6) is 0.902. The first kappa shape index (κ1) is 6.84. The standard InChI is InChI=1S/C10H14N2/c1-2-4-12-9(3-1)10-5-8(10)6-11-7-10/h1,3,8,11H,2,4-7H2. The van der Waals surface area contributed by atoms with Gasteiger partial charge in [-0.05, 0) is 31.4 Å². The third-order valence-electron chi connectivity index (χ3n) is 3.43. The van der Waals surface area contributed by atoms with Crippen molar-refractivity contribution in [1.29, 1.82) is 0 Å². The summed E-state index contributed by atoms with van der Waals surface area (Å²) in [7, 11) is 0. The van der Waals surface area contributed by atoms with Gasteiger partial charge in [0.05, 0.1) is 0 Å². The molecule has 2 aliphatic heterocycles. The molecule has 2 heterocycles. The second-order valence-electron chi connectivity index (χ2n) is 4.15. The normalized spacial score (nSPS) is 44.0. The van der Waals surface area contributed by atoms with Crippen molar-refractivity contribution in [2.45, 2.75) is 12.8 Å². The molecule has 0 spiro atoms. The van der Waals surface area contributed by atoms with Crippen LogP contribution in [0.4, 0.5) is 0 Å². The number of nitrogens with one attached hydrogen (secondary N) is 1. The Labute approximate surface area is 72.8 Å². The predicted octanol–water partition coefficient (Wildman–Crippen LogP) is 0.997. The van der Waals surface area contributed by atoms with Gasteiger partial charge in [0.2, 0.25) is 0 Å². The van der Waals surface area contributed by atoms with Crippen molar-refractivity contribution in [1.82, 2.24) is 5.32 Å². The van der Waals surface area contributed by atoms with Crippen LogP contribution in [0.2, 0.25) is 0 Å². The Morgan fingerprint density at radius 2 is 2.58 bits per heavy atom. The van der Waals surface area contributed by atoms with Crippen molar-refractivity contribution in [3.8, 4) is 0 Å². The fourth-order valence-electron chi connectivity index (χ4n) is 2.57. The van der Waals surface area contributed by atoms with Crippen molar-refractivity contribution in [3.63, 3.8) is 0 Å². The van der Waals surface area contributed by atoms with E-state index in [2.05, 4.69) is 22.5 Å². The zero-order valence-corrected chi connectivity index (χ0v) is 7.21. The fraction of sp³-hybridized carbons (Fsp3) is 0.700. The number of rotatable bonds is 1. The monoisotopic (exact) mass is 162 g/mol. The molecule has 2 nitrogen and oxygen atoms in total. The Balaban J connectivity index is 1.89. The van der Waals surface area contributed by atoms with Crippen molar-refractivity contribution in [2.75, 3.05) is 19.6 Å². The highest BCUT2D eigenvalue weighted by Gasteiger charge is 2.59. The Hall–Kier alpha value is -0.630. The molecule has 2 atom stereocenters. The smallest absolute Gasteiger partial charge is 0.0427 e. The van der Waals surface area contributed by atoms with Crippen LogP contribution in [-0.2, 0) is 0 Å². The highest BCUT2D eigenvalue weighted by molar-refractivity contribution is 6.03. The second kappa shape index (κ2) is 2.19. The molecule has 3 aliphatic rings. The van der Waals surface area contributed by atoms with E-state index >= 15 is 0 Å². The molecule has 2 heteroatoms. The minimum atomic E-state index is 0.483. The van der Waals surface area contributed by atoms with Gasteiger partial charge < -0.3 is 5.32 Å². The van der Waals surface area contributed by atoms with E-state index in [9.17, 15) is 0 Å². The lowest BCUT2D eigenvalue weighted by Gasteiger charge is -2.14. The lowest BCUT2D eigenvalue weighted by Crippen LogP contribution is -2.24. The number of piperidine rings is 1. The van der Waals surface area contributed by atoms with Crippen LogP contribution in [0.5, 0.6) is 0 Å². The average Bonchev–Trinajstić information content (AvgIpc) is 2.72. The van der Waals surface area contributed by atoms with Crippen molar-refractivity contribution in [3.05, 3.63) is 12.2 Å². The summed E-state index contributed by atoms with van der Waals surface area (Å²) in [5, 5.41) is 3.45. The van der Waals surface area contributed by atoms with E-state index in [-0.39, 0.29) is 0 Å². The zero-order valence-electron chi connectivity index (χ0n) is 7.21. The molecule has 0 bridgehead atoms. The van der Waals surface area contributed by atoms with Gasteiger partial charge in [0.15, 0.2) is 0 Å². The highest BCUT2D eigenvalue weighted by Crippen LogP contribution is 2.56. The van der Waals surface area contributed by atoms with Crippen LogP contribution < -0.4 is 5.32 Å². The minimum absolute atomic E-state index is 0.483. The number of dihydropyridines is 1. The van der Waals surface area contributed by atoms with E-state index in [0.29, 0.717) is 5.41 Å². The number of nitrogens with zero attached hydrogens (tertiary/aromatic N) is 1. The highest BCUT2D eigenvalue weighted by atomic mass is 15.0. The molecule has 1 N–H and O–H groups in total. The van der Waals surface area contributed by atoms with E-state index in [1.54, 1.807) is 0 Å². The van der Waals surface area contributed by atoms with E-state index in [1.807, 2.05) is 0 Å². The number of fused-ring (bicyclic) bond motifs is 1. The largest absolute Gasteiger partial charge is 0.315 e. The van der Waals surface area contributed by atoms with Gasteiger partial charge in [-0.3, -0.25) is 4.99 Å². The van der Waals surface area contributed by atoms with E-state index in [0.717, 1.165) is 18.9 Å². The lowest BCUT2D eigenvalue weighted by molar-refractivity contribution is 0.676. The zero-order chi connectivity index (χ0) is 8.02. The van der Waals surface area contributed by atoms with Crippen molar-refractivity contribution >= 4 is 5.71 Å². The summed E-state index contributed by atoms with van der Waals surface area (Å²) in [6, 6.07) is 0. The third kappa shape index (κ3) is 0.761. The van der Waals surface area contributed by atoms with Gasteiger partial charge in [-0.2, -0.15) is 0 Å². The van der Waals surface area contributed by atoms with Gasteiger partial charge in [-0.25, -0.2) is 0 Å². The number of aliphatic imine (C=N–C) groups is 1. The van der Waals surface area contributed by atoms with Gasteiger partial charge in [0, 0.05) is 24.2 Å². The van der Waals surface area contributed by atoms with Gasteiger partial charge in [-0.1, -0.05) is 6.08 Å². The van der Waals surface area contributed by atoms with Gasteiger partial charge in [0.25, 0.3) is 0 Å². The molecular formula is C10H14N2. The summed E-state index contributed by atoms with van der Waals surface area (Å²) in [6.07, 6.45) is 7.03. The molecule has 1 aliphatic carbocycles. The summed E-state index contributed by atoms with van der Waals surface area (Å²) in [6.45, 7) is 3.40. The molecule has 2 unspecified atom stereocenters. The molecule has 0 amide bonds. The Bertz CT molecular complexity index is 267. The maximum absolute atomic E-state index is 4.61. The molecule has 0 aromatic carbocycles. The van der Waals surface area contributed by atoms with E-state index < -0.39 is 0 Å². The second-order valence-corrected chi connectivity index (χ2v) is 4.15. The third-order valence-corrected chi connectivity index (χ3v) is 3.43. The summed E-state index contributed by atoms with van der Waals surface area (Å²) in [5.41, 5.74) is 1.86. The number of hydrogen-bond donors (Lipinski definition) is 1. The van der Waals surface area contributed by atoms with Crippen LogP contribution in [0, 0.1) is 11.3 Å². The predicted molar refractivity (Wildman–Crippen MR) is 49.5 cm³/mol. The molecular weight excluding hydrogens is 148 g/mol. The fourth-order valence-corrected chi connectivity index (χ4v) is 2.57. The van der Waals surface area contributed by atoms with Crippen molar-refractivity contribution in [2.24, 2.45) is 16.3 Å². The molecule has 2 fully saturated rings. The number of allylic oxidation sites excluding steroid dienone is 1. The number of hydrogen-bond acceptors (Lipinski definition) is 2. The lowest BCUT2D eigenvalue weighted by atomic mass is 9.97. The Kier molecular flexibility index (Phi) is 1.25. The van der Waals surface area contributed by atoms with Gasteiger partial charge in [-0.15, -0.1) is 0 Å². The summed E-state index contributed by atoms with van der Waals surface area (Å²) in [4.78, 5) is 4.61. The van der Waals surface area contributed by atoms with Crippen LogP contribution in [0.1, 0.15) is 12.8 Å². The maximum Gasteiger partial charge on any atom is 0.0427 e. The Morgan fingerprint density at radius 3 is 3.17 bits per heavy atom. The molecule has 64 valence electrons. The van der Waals surface area contributed by atoms with E-state index in [4.69, 9.17) is 0 Å². The SMILES string of the molecule is C1=CC(C23CNCC2C3)=NCC1. The molecule has 1 saturated carbocycles. The first-order valence-corrected chi connectivity index (χ1v) is 4.84. The molecule has 3 rings (SSSR count).